The first kappa shape index (κ1) is 22.6. The van der Waals surface area contributed by atoms with Gasteiger partial charge in [0.2, 0.25) is 0 Å². The molecule has 0 aromatic heterocycles. The van der Waals surface area contributed by atoms with Gasteiger partial charge in [0.05, 0.1) is 11.1 Å². The highest BCUT2D eigenvalue weighted by atomic mass is 17.3. The minimum atomic E-state index is -0.668. The smallest absolute Gasteiger partial charge is 0.289 e. The molecule has 0 aliphatic rings. The Balaban J connectivity index is 1.96. The molecule has 0 fully saturated rings. The molecule has 0 heterocycles. The maximum Gasteiger partial charge on any atom is 0.373 e. The van der Waals surface area contributed by atoms with Gasteiger partial charge in [0.1, 0.15) is 0 Å². The lowest BCUT2D eigenvalue weighted by Gasteiger charge is -2.14. The Labute approximate surface area is 171 Å². The SMILES string of the molecule is [CH2]CCC[C](OOC(=O)c1ccc(C)cc1C)OOC(=O)c1ccc(C)cc1C. The number of benzene rings is 2. The Bertz CT molecular complexity index is 791. The molecule has 2 aromatic rings. The molecule has 6 nitrogen and oxygen atoms in total. The Hall–Kier alpha value is -2.70. The molecule has 0 spiro atoms. The molecule has 154 valence electrons. The van der Waals surface area contributed by atoms with Crippen molar-refractivity contribution in [3.05, 3.63) is 83.0 Å². The second-order valence-corrected chi connectivity index (χ2v) is 6.87. The van der Waals surface area contributed by atoms with Crippen LogP contribution in [0.3, 0.4) is 0 Å². The minimum Gasteiger partial charge on any atom is -0.289 e. The summed E-state index contributed by atoms with van der Waals surface area (Å²) in [4.78, 5) is 44.3. The van der Waals surface area contributed by atoms with Gasteiger partial charge < -0.3 is 0 Å². The van der Waals surface area contributed by atoms with Crippen molar-refractivity contribution in [3.8, 4) is 0 Å². The zero-order valence-electron chi connectivity index (χ0n) is 17.2. The van der Waals surface area contributed by atoms with Crippen molar-refractivity contribution >= 4 is 11.9 Å². The number of carbonyl (C=O) groups is 2. The van der Waals surface area contributed by atoms with Crippen LogP contribution in [0.1, 0.15) is 62.2 Å². The molecule has 29 heavy (non-hydrogen) atoms. The molecule has 0 N–H and O–H groups in total. The van der Waals surface area contributed by atoms with E-state index in [-0.39, 0.29) is 12.7 Å². The molecule has 2 aromatic carbocycles. The molecular weight excluding hydrogens is 372 g/mol. The van der Waals surface area contributed by atoms with Crippen molar-refractivity contribution in [1.82, 2.24) is 0 Å². The maximum atomic E-state index is 12.3. The van der Waals surface area contributed by atoms with Crippen LogP contribution in [0, 0.1) is 40.9 Å². The third kappa shape index (κ3) is 6.69. The Kier molecular flexibility index (Phi) is 8.36. The van der Waals surface area contributed by atoms with Crippen LogP contribution in [0.4, 0.5) is 0 Å². The predicted octanol–water partition coefficient (Wildman–Crippen LogP) is 5.29. The van der Waals surface area contributed by atoms with E-state index in [1.54, 1.807) is 38.1 Å². The van der Waals surface area contributed by atoms with Gasteiger partial charge in [0.25, 0.3) is 0 Å². The van der Waals surface area contributed by atoms with Crippen molar-refractivity contribution in [2.45, 2.75) is 47.0 Å². The van der Waals surface area contributed by atoms with Gasteiger partial charge in [-0.3, -0.25) is 9.78 Å². The number of rotatable bonds is 9. The van der Waals surface area contributed by atoms with E-state index in [0.29, 0.717) is 24.0 Å². The summed E-state index contributed by atoms with van der Waals surface area (Å²) >= 11 is 0. The molecule has 0 aliphatic heterocycles. The van der Waals surface area contributed by atoms with Crippen LogP contribution in [0.15, 0.2) is 36.4 Å². The van der Waals surface area contributed by atoms with Crippen molar-refractivity contribution in [3.63, 3.8) is 0 Å². The molecule has 0 saturated heterocycles. The summed E-state index contributed by atoms with van der Waals surface area (Å²) in [5.74, 6) is -1.34. The highest BCUT2D eigenvalue weighted by Crippen LogP contribution is 2.20. The van der Waals surface area contributed by atoms with Crippen molar-refractivity contribution in [2.75, 3.05) is 0 Å². The second-order valence-electron chi connectivity index (χ2n) is 6.87. The van der Waals surface area contributed by atoms with Gasteiger partial charge >= 0.3 is 18.2 Å². The molecule has 0 amide bonds. The number of unbranched alkanes of at least 4 members (excludes halogenated alkanes) is 1. The molecule has 0 atom stereocenters. The van der Waals surface area contributed by atoms with E-state index in [1.807, 2.05) is 26.0 Å². The van der Waals surface area contributed by atoms with Crippen LogP contribution in [0.2, 0.25) is 0 Å². The normalized spacial score (nSPS) is 10.8. The van der Waals surface area contributed by atoms with E-state index in [4.69, 9.17) is 19.6 Å². The minimum absolute atomic E-state index is 0.134. The highest BCUT2D eigenvalue weighted by molar-refractivity contribution is 5.91. The third-order valence-corrected chi connectivity index (χ3v) is 4.26. The van der Waals surface area contributed by atoms with Crippen LogP contribution >= 0.6 is 0 Å². The van der Waals surface area contributed by atoms with Gasteiger partial charge in [-0.25, -0.2) is 9.59 Å². The van der Waals surface area contributed by atoms with Crippen LogP contribution in [0.5, 0.6) is 0 Å². The quantitative estimate of drug-likeness (QED) is 0.422. The van der Waals surface area contributed by atoms with E-state index >= 15 is 0 Å². The fourth-order valence-electron chi connectivity index (χ4n) is 2.71. The summed E-state index contributed by atoms with van der Waals surface area (Å²) in [5.41, 5.74) is 4.34. The van der Waals surface area contributed by atoms with Gasteiger partial charge in [0.15, 0.2) is 0 Å². The molecule has 2 radical (unpaired) electrons. The molecule has 6 heteroatoms. The Morgan fingerprint density at radius 1 is 0.759 bits per heavy atom. The lowest BCUT2D eigenvalue weighted by molar-refractivity contribution is -0.363. The summed E-state index contributed by atoms with van der Waals surface area (Å²) in [6, 6.07) is 10.7. The van der Waals surface area contributed by atoms with Crippen molar-refractivity contribution < 1.29 is 29.1 Å². The third-order valence-electron chi connectivity index (χ3n) is 4.26. The number of hydrogen-bond acceptors (Lipinski definition) is 6. The van der Waals surface area contributed by atoms with E-state index in [0.717, 1.165) is 22.3 Å². The maximum absolute atomic E-state index is 12.3. The summed E-state index contributed by atoms with van der Waals surface area (Å²) in [6.45, 7) is 11.2. The molecule has 0 bridgehead atoms. The lowest BCUT2D eigenvalue weighted by Crippen LogP contribution is -2.17. The van der Waals surface area contributed by atoms with Crippen LogP contribution < -0.4 is 0 Å². The predicted molar refractivity (Wildman–Crippen MR) is 107 cm³/mol. The average Bonchev–Trinajstić information content (AvgIpc) is 2.66. The number of hydrogen-bond donors (Lipinski definition) is 0. The lowest BCUT2D eigenvalue weighted by atomic mass is 10.1. The fraction of sp³-hybridized carbons (Fsp3) is 0.304. The highest BCUT2D eigenvalue weighted by Gasteiger charge is 2.22. The first-order valence-corrected chi connectivity index (χ1v) is 9.39. The van der Waals surface area contributed by atoms with Crippen molar-refractivity contribution in [1.29, 1.82) is 0 Å². The largest absolute Gasteiger partial charge is 0.373 e. The molecule has 2 rings (SSSR count). The number of carbonyl (C=O) groups excluding carboxylic acids is 2. The van der Waals surface area contributed by atoms with E-state index in [2.05, 4.69) is 6.92 Å². The summed E-state index contributed by atoms with van der Waals surface area (Å²) in [7, 11) is 0. The van der Waals surface area contributed by atoms with Crippen LogP contribution in [-0.2, 0) is 19.6 Å². The Morgan fingerprint density at radius 2 is 1.21 bits per heavy atom. The molecular formula is C23H26O6. The van der Waals surface area contributed by atoms with Crippen molar-refractivity contribution in [2.24, 2.45) is 0 Å². The van der Waals surface area contributed by atoms with Gasteiger partial charge in [-0.05, 0) is 57.4 Å². The average molecular weight is 398 g/mol. The topological polar surface area (TPSA) is 71.1 Å². The standard InChI is InChI=1S/C23H26O6/c1-6-7-8-21(26-28-22(24)19-11-9-15(2)13-17(19)4)27-29-23(25)20-12-10-16(3)14-18(20)5/h9-14H,1,6-8H2,2-5H3. The van der Waals surface area contributed by atoms with Gasteiger partial charge in [0, 0.05) is 6.42 Å². The summed E-state index contributed by atoms with van der Waals surface area (Å²) in [5, 5.41) is 0. The van der Waals surface area contributed by atoms with Gasteiger partial charge in [-0.1, -0.05) is 48.7 Å². The summed E-state index contributed by atoms with van der Waals surface area (Å²) < 4.78 is 0. The first-order chi connectivity index (χ1) is 13.8. The Morgan fingerprint density at radius 3 is 1.59 bits per heavy atom. The molecule has 0 saturated carbocycles. The molecule has 0 aliphatic carbocycles. The van der Waals surface area contributed by atoms with E-state index in [1.165, 1.54) is 0 Å². The zero-order valence-corrected chi connectivity index (χ0v) is 17.2. The van der Waals surface area contributed by atoms with Gasteiger partial charge in [-0.15, -0.1) is 9.78 Å². The second kappa shape index (κ2) is 10.7. The van der Waals surface area contributed by atoms with E-state index < -0.39 is 11.9 Å². The monoisotopic (exact) mass is 398 g/mol. The zero-order chi connectivity index (χ0) is 21.4. The van der Waals surface area contributed by atoms with E-state index in [9.17, 15) is 9.59 Å². The fourth-order valence-corrected chi connectivity index (χ4v) is 2.71. The van der Waals surface area contributed by atoms with Gasteiger partial charge in [-0.2, -0.15) is 0 Å². The summed E-state index contributed by atoms with van der Waals surface area (Å²) in [6.07, 6.45) is 1.32. The van der Waals surface area contributed by atoms with Crippen LogP contribution in [0.25, 0.3) is 0 Å². The number of aryl methyl sites for hydroxylation is 4. The molecule has 0 unspecified atom stereocenters. The first-order valence-electron chi connectivity index (χ1n) is 9.39. The van der Waals surface area contributed by atoms with Crippen LogP contribution in [-0.4, -0.2) is 11.9 Å².